The number of Topliss-reactive ketones (excluding diaryl/α,β-unsaturated/α-hetero) is 1. The van der Waals surface area contributed by atoms with Crippen molar-refractivity contribution in [3.63, 3.8) is 0 Å². The normalized spacial score (nSPS) is 12.6. The van der Waals surface area contributed by atoms with Gasteiger partial charge in [0.25, 0.3) is 0 Å². The first-order valence-corrected chi connectivity index (χ1v) is 5.71. The average molecular weight is 238 g/mol. The van der Waals surface area contributed by atoms with E-state index in [1.165, 1.54) is 6.92 Å². The Bertz CT molecular complexity index is 442. The molecule has 0 bridgehead atoms. The first-order chi connectivity index (χ1) is 7.66. The van der Waals surface area contributed by atoms with Crippen LogP contribution in [-0.4, -0.2) is 23.4 Å². The maximum atomic E-state index is 11.7. The third-order valence-corrected chi connectivity index (χ3v) is 2.91. The van der Waals surface area contributed by atoms with Gasteiger partial charge in [0.05, 0.1) is 5.75 Å². The molecule has 16 heavy (non-hydrogen) atoms. The summed E-state index contributed by atoms with van der Waals surface area (Å²) in [5, 5.41) is -0.0610. The summed E-state index contributed by atoms with van der Waals surface area (Å²) >= 11 is 1.01. The van der Waals surface area contributed by atoms with Crippen molar-refractivity contribution in [2.45, 2.75) is 6.92 Å². The number of rotatable bonds is 3. The van der Waals surface area contributed by atoms with E-state index in [2.05, 4.69) is 0 Å². The molecule has 5 heteroatoms. The van der Waals surface area contributed by atoms with Crippen LogP contribution in [0.3, 0.4) is 0 Å². The minimum absolute atomic E-state index is 0.0610. The summed E-state index contributed by atoms with van der Waals surface area (Å²) in [7, 11) is 0. The van der Waals surface area contributed by atoms with Crippen molar-refractivity contribution < 1.29 is 19.1 Å². The molecule has 0 amide bonds. The molecule has 0 saturated carbocycles. The van der Waals surface area contributed by atoms with Crippen molar-refractivity contribution in [1.29, 1.82) is 0 Å². The predicted molar refractivity (Wildman–Crippen MR) is 60.0 cm³/mol. The van der Waals surface area contributed by atoms with Gasteiger partial charge in [-0.3, -0.25) is 9.59 Å². The van der Waals surface area contributed by atoms with Gasteiger partial charge in [0.1, 0.15) is 0 Å². The van der Waals surface area contributed by atoms with Crippen molar-refractivity contribution in [3.05, 3.63) is 23.8 Å². The Balaban J connectivity index is 2.09. The molecule has 0 saturated heterocycles. The van der Waals surface area contributed by atoms with Crippen LogP contribution in [0.25, 0.3) is 0 Å². The van der Waals surface area contributed by atoms with Gasteiger partial charge >= 0.3 is 0 Å². The second-order valence-corrected chi connectivity index (χ2v) is 4.42. The number of hydrogen-bond donors (Lipinski definition) is 0. The number of benzene rings is 1. The van der Waals surface area contributed by atoms with E-state index in [1.807, 2.05) is 0 Å². The van der Waals surface area contributed by atoms with Crippen LogP contribution in [0.2, 0.25) is 0 Å². The number of ether oxygens (including phenoxy) is 2. The first kappa shape index (κ1) is 11.0. The van der Waals surface area contributed by atoms with E-state index in [-0.39, 0.29) is 23.4 Å². The number of carbonyl (C=O) groups is 2. The van der Waals surface area contributed by atoms with E-state index in [0.717, 1.165) is 11.8 Å². The molecule has 0 aliphatic carbocycles. The molecule has 0 aromatic heterocycles. The Labute approximate surface area is 96.9 Å². The molecule has 1 aliphatic rings. The van der Waals surface area contributed by atoms with E-state index in [0.29, 0.717) is 17.1 Å². The topological polar surface area (TPSA) is 52.6 Å². The minimum atomic E-state index is -0.0847. The van der Waals surface area contributed by atoms with E-state index < -0.39 is 0 Å². The maximum Gasteiger partial charge on any atom is 0.231 e. The van der Waals surface area contributed by atoms with Crippen molar-refractivity contribution >= 4 is 22.7 Å². The second kappa shape index (κ2) is 4.57. The lowest BCUT2D eigenvalue weighted by molar-refractivity contribution is -0.109. The Kier molecular flexibility index (Phi) is 3.14. The Morgan fingerprint density at radius 3 is 2.81 bits per heavy atom. The fraction of sp³-hybridized carbons (Fsp3) is 0.273. The molecule has 4 nitrogen and oxygen atoms in total. The second-order valence-electron chi connectivity index (χ2n) is 3.27. The summed E-state index contributed by atoms with van der Waals surface area (Å²) in [5.41, 5.74) is 0.540. The van der Waals surface area contributed by atoms with Gasteiger partial charge in [0, 0.05) is 12.5 Å². The zero-order valence-electron chi connectivity index (χ0n) is 8.69. The number of ketones is 1. The fourth-order valence-corrected chi connectivity index (χ4v) is 1.82. The maximum absolute atomic E-state index is 11.7. The molecule has 84 valence electrons. The average Bonchev–Trinajstić information content (AvgIpc) is 2.72. The molecule has 2 rings (SSSR count). The highest BCUT2D eigenvalue weighted by atomic mass is 32.2. The third-order valence-electron chi connectivity index (χ3n) is 2.10. The number of fused-ring (bicyclic) bond motifs is 1. The van der Waals surface area contributed by atoms with Gasteiger partial charge in [-0.1, -0.05) is 11.8 Å². The number of carbonyl (C=O) groups excluding carboxylic acids is 2. The lowest BCUT2D eigenvalue weighted by atomic mass is 10.1. The summed E-state index contributed by atoms with van der Waals surface area (Å²) in [6.45, 7) is 1.63. The SMILES string of the molecule is CC(=O)SCC(=O)c1ccc2c(c1)OCO2. The molecule has 1 heterocycles. The molecule has 1 aromatic rings. The summed E-state index contributed by atoms with van der Waals surface area (Å²) in [6.07, 6.45) is 0. The van der Waals surface area contributed by atoms with Crippen LogP contribution in [-0.2, 0) is 4.79 Å². The minimum Gasteiger partial charge on any atom is -0.454 e. The Morgan fingerprint density at radius 2 is 2.06 bits per heavy atom. The molecule has 1 aromatic carbocycles. The van der Waals surface area contributed by atoms with Gasteiger partial charge in [-0.2, -0.15) is 0 Å². The molecule has 0 unspecified atom stereocenters. The van der Waals surface area contributed by atoms with Crippen LogP contribution < -0.4 is 9.47 Å². The van der Waals surface area contributed by atoms with E-state index in [1.54, 1.807) is 18.2 Å². The van der Waals surface area contributed by atoms with Crippen LogP contribution in [0.5, 0.6) is 11.5 Å². The molecular weight excluding hydrogens is 228 g/mol. The molecule has 0 atom stereocenters. The fourth-order valence-electron chi connectivity index (χ4n) is 1.32. The van der Waals surface area contributed by atoms with Gasteiger partial charge < -0.3 is 9.47 Å². The van der Waals surface area contributed by atoms with Gasteiger partial charge in [-0.05, 0) is 18.2 Å². The first-order valence-electron chi connectivity index (χ1n) is 4.73. The highest BCUT2D eigenvalue weighted by molar-refractivity contribution is 8.14. The van der Waals surface area contributed by atoms with Gasteiger partial charge in [0.2, 0.25) is 6.79 Å². The third kappa shape index (κ3) is 2.36. The standard InChI is InChI=1S/C11H10O4S/c1-7(12)16-5-9(13)8-2-3-10-11(4-8)15-6-14-10/h2-4H,5-6H2,1H3. The van der Waals surface area contributed by atoms with Gasteiger partial charge in [-0.25, -0.2) is 0 Å². The quantitative estimate of drug-likeness (QED) is 0.752. The predicted octanol–water partition coefficient (Wildman–Crippen LogP) is 1.88. The van der Waals surface area contributed by atoms with Crippen molar-refractivity contribution in [2.24, 2.45) is 0 Å². The lowest BCUT2D eigenvalue weighted by Crippen LogP contribution is -2.03. The van der Waals surface area contributed by atoms with Gasteiger partial charge in [-0.15, -0.1) is 0 Å². The van der Waals surface area contributed by atoms with Crippen LogP contribution in [0.15, 0.2) is 18.2 Å². The number of hydrogen-bond acceptors (Lipinski definition) is 5. The Hall–Kier alpha value is -1.49. The molecule has 0 fully saturated rings. The smallest absolute Gasteiger partial charge is 0.231 e. The zero-order valence-corrected chi connectivity index (χ0v) is 9.50. The van der Waals surface area contributed by atoms with Crippen molar-refractivity contribution in [3.8, 4) is 11.5 Å². The highest BCUT2D eigenvalue weighted by Crippen LogP contribution is 2.32. The summed E-state index contributed by atoms with van der Waals surface area (Å²) < 4.78 is 10.3. The van der Waals surface area contributed by atoms with E-state index >= 15 is 0 Å². The monoisotopic (exact) mass is 238 g/mol. The van der Waals surface area contributed by atoms with Crippen LogP contribution in [0.1, 0.15) is 17.3 Å². The molecular formula is C11H10O4S. The van der Waals surface area contributed by atoms with Crippen molar-refractivity contribution in [1.82, 2.24) is 0 Å². The lowest BCUT2D eigenvalue weighted by Gasteiger charge is -2.01. The largest absolute Gasteiger partial charge is 0.454 e. The van der Waals surface area contributed by atoms with Crippen LogP contribution >= 0.6 is 11.8 Å². The summed E-state index contributed by atoms with van der Waals surface area (Å²) in [4.78, 5) is 22.4. The zero-order chi connectivity index (χ0) is 11.5. The number of thioether (sulfide) groups is 1. The summed E-state index contributed by atoms with van der Waals surface area (Å²) in [6, 6.07) is 5.02. The van der Waals surface area contributed by atoms with Gasteiger partial charge in [0.15, 0.2) is 22.4 Å². The highest BCUT2D eigenvalue weighted by Gasteiger charge is 2.16. The van der Waals surface area contributed by atoms with E-state index in [9.17, 15) is 9.59 Å². The Morgan fingerprint density at radius 1 is 1.31 bits per heavy atom. The van der Waals surface area contributed by atoms with Crippen LogP contribution in [0.4, 0.5) is 0 Å². The molecule has 1 aliphatic heterocycles. The van der Waals surface area contributed by atoms with Crippen molar-refractivity contribution in [2.75, 3.05) is 12.5 Å². The molecule has 0 radical (unpaired) electrons. The molecule has 0 spiro atoms. The van der Waals surface area contributed by atoms with Crippen LogP contribution in [0, 0.1) is 0 Å². The molecule has 0 N–H and O–H groups in total. The van der Waals surface area contributed by atoms with E-state index in [4.69, 9.17) is 9.47 Å². The summed E-state index contributed by atoms with van der Waals surface area (Å²) in [5.74, 6) is 1.31.